The molecule has 90 valence electrons. The molecule has 0 saturated heterocycles. The number of ether oxygens (including phenoxy) is 1. The van der Waals surface area contributed by atoms with Crippen molar-refractivity contribution in [2.24, 2.45) is 11.1 Å². The lowest BCUT2D eigenvalue weighted by atomic mass is 9.59. The van der Waals surface area contributed by atoms with Crippen molar-refractivity contribution in [1.29, 1.82) is 0 Å². The molecule has 0 aliphatic heterocycles. The Morgan fingerprint density at radius 2 is 1.87 bits per heavy atom. The van der Waals surface area contributed by atoms with E-state index in [0.29, 0.717) is 6.42 Å². The average Bonchev–Trinajstić information content (AvgIpc) is 2.12. The Labute approximate surface area is 88.0 Å². The third-order valence-electron chi connectivity index (χ3n) is 3.61. The van der Waals surface area contributed by atoms with E-state index >= 15 is 0 Å². The summed E-state index contributed by atoms with van der Waals surface area (Å²) in [5.41, 5.74) is 5.60. The molecule has 0 spiro atoms. The molecule has 0 aromatic rings. The summed E-state index contributed by atoms with van der Waals surface area (Å²) in [7, 11) is 0. The fraction of sp³-hybridized carbons (Fsp3) is 1.00. The fourth-order valence-corrected chi connectivity index (χ4v) is 2.44. The molecule has 1 fully saturated rings. The molecule has 1 aliphatic carbocycles. The number of hydrogen-bond acceptors (Lipinski definition) is 2. The second-order valence-corrected chi connectivity index (χ2v) is 4.20. The Hall–Kier alpha value is -0.290. The van der Waals surface area contributed by atoms with Gasteiger partial charge >= 0.3 is 6.18 Å². The van der Waals surface area contributed by atoms with E-state index in [1.807, 2.05) is 13.8 Å². The molecule has 0 radical (unpaired) electrons. The van der Waals surface area contributed by atoms with Crippen molar-refractivity contribution in [3.8, 4) is 0 Å². The standard InChI is InChI=1S/C10H18F3NO/c1-3-9(4-2)7(14)5-8(9)15-6-10(11,12)13/h7-8H,3-6,14H2,1-2H3. The Balaban J connectivity index is 2.51. The van der Waals surface area contributed by atoms with Gasteiger partial charge in [0.15, 0.2) is 0 Å². The van der Waals surface area contributed by atoms with Crippen molar-refractivity contribution in [3.05, 3.63) is 0 Å². The van der Waals surface area contributed by atoms with Gasteiger partial charge in [-0.05, 0) is 19.3 Å². The van der Waals surface area contributed by atoms with E-state index in [2.05, 4.69) is 0 Å². The van der Waals surface area contributed by atoms with Crippen LogP contribution < -0.4 is 5.73 Å². The van der Waals surface area contributed by atoms with Gasteiger partial charge in [0.05, 0.1) is 6.10 Å². The molecular formula is C10H18F3NO. The van der Waals surface area contributed by atoms with E-state index < -0.39 is 12.8 Å². The predicted molar refractivity (Wildman–Crippen MR) is 51.4 cm³/mol. The second-order valence-electron chi connectivity index (χ2n) is 4.20. The summed E-state index contributed by atoms with van der Waals surface area (Å²) < 4.78 is 40.8. The van der Waals surface area contributed by atoms with Crippen LogP contribution in [-0.2, 0) is 4.74 Å². The van der Waals surface area contributed by atoms with Crippen molar-refractivity contribution in [1.82, 2.24) is 0 Å². The summed E-state index contributed by atoms with van der Waals surface area (Å²) in [5, 5.41) is 0. The van der Waals surface area contributed by atoms with Gasteiger partial charge in [-0.1, -0.05) is 13.8 Å². The Bertz CT molecular complexity index is 213. The minimum Gasteiger partial charge on any atom is -0.368 e. The lowest BCUT2D eigenvalue weighted by Crippen LogP contribution is -2.62. The van der Waals surface area contributed by atoms with Gasteiger partial charge in [0.2, 0.25) is 0 Å². The molecule has 15 heavy (non-hydrogen) atoms. The molecule has 1 rings (SSSR count). The van der Waals surface area contributed by atoms with E-state index in [1.165, 1.54) is 0 Å². The van der Waals surface area contributed by atoms with Gasteiger partial charge in [-0.15, -0.1) is 0 Å². The van der Waals surface area contributed by atoms with Crippen LogP contribution in [0.1, 0.15) is 33.1 Å². The van der Waals surface area contributed by atoms with Crippen molar-refractivity contribution in [2.45, 2.75) is 51.4 Å². The molecule has 2 N–H and O–H groups in total. The topological polar surface area (TPSA) is 35.2 Å². The largest absolute Gasteiger partial charge is 0.411 e. The highest BCUT2D eigenvalue weighted by Gasteiger charge is 2.52. The molecular weight excluding hydrogens is 207 g/mol. The van der Waals surface area contributed by atoms with Gasteiger partial charge in [0.25, 0.3) is 0 Å². The molecule has 0 aromatic heterocycles. The third-order valence-corrected chi connectivity index (χ3v) is 3.61. The summed E-state index contributed by atoms with van der Waals surface area (Å²) in [6, 6.07) is -0.0225. The lowest BCUT2D eigenvalue weighted by molar-refractivity contribution is -0.221. The van der Waals surface area contributed by atoms with Crippen LogP contribution in [0.15, 0.2) is 0 Å². The van der Waals surface area contributed by atoms with Crippen LogP contribution in [0, 0.1) is 5.41 Å². The van der Waals surface area contributed by atoms with Crippen molar-refractivity contribution < 1.29 is 17.9 Å². The minimum atomic E-state index is -4.24. The zero-order chi connectivity index (χ0) is 11.7. The van der Waals surface area contributed by atoms with Gasteiger partial charge in [0, 0.05) is 11.5 Å². The summed E-state index contributed by atoms with van der Waals surface area (Å²) in [6.45, 7) is 2.74. The normalized spacial score (nSPS) is 30.0. The molecule has 0 bridgehead atoms. The van der Waals surface area contributed by atoms with Crippen LogP contribution in [0.5, 0.6) is 0 Å². The highest BCUT2D eigenvalue weighted by atomic mass is 19.4. The monoisotopic (exact) mass is 225 g/mol. The SMILES string of the molecule is CCC1(CC)C(N)CC1OCC(F)(F)F. The van der Waals surface area contributed by atoms with Crippen LogP contribution in [0.25, 0.3) is 0 Å². The highest BCUT2D eigenvalue weighted by Crippen LogP contribution is 2.48. The summed E-state index contributed by atoms with van der Waals surface area (Å²) >= 11 is 0. The first-order valence-electron chi connectivity index (χ1n) is 5.29. The fourth-order valence-electron chi connectivity index (χ4n) is 2.44. The number of hydrogen-bond donors (Lipinski definition) is 1. The first-order valence-corrected chi connectivity index (χ1v) is 5.29. The van der Waals surface area contributed by atoms with Gasteiger partial charge < -0.3 is 10.5 Å². The van der Waals surface area contributed by atoms with Crippen LogP contribution >= 0.6 is 0 Å². The van der Waals surface area contributed by atoms with Crippen LogP contribution in [-0.4, -0.2) is 24.9 Å². The second kappa shape index (κ2) is 4.29. The number of halogens is 3. The maximum absolute atomic E-state index is 12.0. The first-order chi connectivity index (χ1) is 6.85. The quantitative estimate of drug-likeness (QED) is 0.797. The minimum absolute atomic E-state index is 0.0225. The summed E-state index contributed by atoms with van der Waals surface area (Å²) in [4.78, 5) is 0. The van der Waals surface area contributed by atoms with Crippen molar-refractivity contribution >= 4 is 0 Å². The third kappa shape index (κ3) is 2.45. The molecule has 1 aliphatic rings. The average molecular weight is 225 g/mol. The molecule has 0 aromatic carbocycles. The van der Waals surface area contributed by atoms with Crippen LogP contribution in [0.2, 0.25) is 0 Å². The predicted octanol–water partition coefficient (Wildman–Crippen LogP) is 2.47. The number of nitrogens with two attached hydrogens (primary N) is 1. The molecule has 5 heteroatoms. The van der Waals surface area contributed by atoms with E-state index in [0.717, 1.165) is 12.8 Å². The van der Waals surface area contributed by atoms with E-state index in [4.69, 9.17) is 10.5 Å². The maximum Gasteiger partial charge on any atom is 0.411 e. The maximum atomic E-state index is 12.0. The zero-order valence-electron chi connectivity index (χ0n) is 9.10. The number of rotatable bonds is 4. The zero-order valence-corrected chi connectivity index (χ0v) is 9.10. The van der Waals surface area contributed by atoms with Gasteiger partial charge in [0.1, 0.15) is 6.61 Å². The van der Waals surface area contributed by atoms with Crippen molar-refractivity contribution in [3.63, 3.8) is 0 Å². The lowest BCUT2D eigenvalue weighted by Gasteiger charge is -2.53. The van der Waals surface area contributed by atoms with E-state index in [1.54, 1.807) is 0 Å². The van der Waals surface area contributed by atoms with E-state index in [9.17, 15) is 13.2 Å². The van der Waals surface area contributed by atoms with Gasteiger partial charge in [-0.2, -0.15) is 13.2 Å². The van der Waals surface area contributed by atoms with Crippen LogP contribution in [0.4, 0.5) is 13.2 Å². The highest BCUT2D eigenvalue weighted by molar-refractivity contribution is 5.05. The van der Waals surface area contributed by atoms with Crippen molar-refractivity contribution in [2.75, 3.05) is 6.61 Å². The summed E-state index contributed by atoms with van der Waals surface area (Å²) in [5.74, 6) is 0. The number of alkyl halides is 3. The molecule has 2 atom stereocenters. The Morgan fingerprint density at radius 1 is 1.33 bits per heavy atom. The molecule has 0 amide bonds. The van der Waals surface area contributed by atoms with E-state index in [-0.39, 0.29) is 17.6 Å². The first kappa shape index (κ1) is 12.8. The molecule has 0 heterocycles. The summed E-state index contributed by atoms with van der Waals surface area (Å²) in [6.07, 6.45) is -2.49. The molecule has 1 saturated carbocycles. The molecule has 2 unspecified atom stereocenters. The molecule has 2 nitrogen and oxygen atoms in total. The smallest absolute Gasteiger partial charge is 0.368 e. The van der Waals surface area contributed by atoms with Gasteiger partial charge in [-0.3, -0.25) is 0 Å². The van der Waals surface area contributed by atoms with Crippen LogP contribution in [0.3, 0.4) is 0 Å². The Morgan fingerprint density at radius 3 is 2.20 bits per heavy atom. The Kier molecular flexibility index (Phi) is 3.66. The van der Waals surface area contributed by atoms with Gasteiger partial charge in [-0.25, -0.2) is 0 Å².